The number of nitrogens with two attached hydrogens (primary N) is 2. The number of aliphatic hydroxyl groups is 1. The predicted molar refractivity (Wildman–Crippen MR) is 90.7 cm³/mol. The Morgan fingerprint density at radius 1 is 1.12 bits per heavy atom. The van der Waals surface area contributed by atoms with Crippen LogP contribution in [-0.4, -0.2) is 23.0 Å². The van der Waals surface area contributed by atoms with Gasteiger partial charge in [-0.2, -0.15) is 13.2 Å². The lowest BCUT2D eigenvalue weighted by atomic mass is 9.90. The van der Waals surface area contributed by atoms with Gasteiger partial charge in [-0.05, 0) is 43.7 Å². The minimum absolute atomic E-state index is 0.0970. The lowest BCUT2D eigenvalue weighted by Crippen LogP contribution is -2.29. The molecular weight excluding hydrogens is 349 g/mol. The molecule has 2 amide bonds. The molecule has 3 atom stereocenters. The van der Waals surface area contributed by atoms with Crippen LogP contribution in [0.15, 0.2) is 24.3 Å². The smallest absolute Gasteiger partial charge is 0.393 e. The zero-order chi connectivity index (χ0) is 19.9. The molecule has 0 fully saturated rings. The van der Waals surface area contributed by atoms with E-state index in [1.165, 1.54) is 6.07 Å². The van der Waals surface area contributed by atoms with E-state index in [0.717, 1.165) is 12.1 Å². The standard InChI is InChI=1S/C18H25F3N2O3/c1-11(16(22)25)5-7-13(17(23)26)10-15(24)8-6-12-3-2-4-14(9-12)18(19,20)21/h2-4,9,11,13,15,24H,5-8,10H2,1H3,(H2,22,25)(H2,23,26). The molecule has 5 N–H and O–H groups in total. The van der Waals surface area contributed by atoms with Gasteiger partial charge in [0.25, 0.3) is 0 Å². The van der Waals surface area contributed by atoms with Crippen molar-refractivity contribution in [3.8, 4) is 0 Å². The Bertz CT molecular complexity index is 620. The molecular formula is C18H25F3N2O3. The zero-order valence-electron chi connectivity index (χ0n) is 14.6. The third-order valence-electron chi connectivity index (χ3n) is 4.41. The molecule has 0 aromatic heterocycles. The number of alkyl halides is 3. The maximum atomic E-state index is 12.7. The number of carbonyl (C=O) groups is 2. The van der Waals surface area contributed by atoms with Crippen molar-refractivity contribution in [2.75, 3.05) is 0 Å². The van der Waals surface area contributed by atoms with Crippen LogP contribution >= 0.6 is 0 Å². The van der Waals surface area contributed by atoms with Gasteiger partial charge in [0.05, 0.1) is 11.7 Å². The predicted octanol–water partition coefficient (Wildman–Crippen LogP) is 2.39. The highest BCUT2D eigenvalue weighted by molar-refractivity contribution is 5.77. The van der Waals surface area contributed by atoms with E-state index in [1.807, 2.05) is 0 Å². The van der Waals surface area contributed by atoms with Crippen molar-refractivity contribution in [1.29, 1.82) is 0 Å². The maximum Gasteiger partial charge on any atom is 0.416 e. The molecule has 146 valence electrons. The number of benzene rings is 1. The molecule has 0 bridgehead atoms. The summed E-state index contributed by atoms with van der Waals surface area (Å²) in [6.07, 6.45) is -4.05. The number of primary amides is 2. The fourth-order valence-electron chi connectivity index (χ4n) is 2.65. The molecule has 0 aliphatic heterocycles. The number of hydrogen-bond acceptors (Lipinski definition) is 3. The second-order valence-electron chi connectivity index (χ2n) is 6.61. The Morgan fingerprint density at radius 3 is 2.31 bits per heavy atom. The lowest BCUT2D eigenvalue weighted by Gasteiger charge is -2.19. The third-order valence-corrected chi connectivity index (χ3v) is 4.41. The first kappa shape index (κ1) is 22.0. The topological polar surface area (TPSA) is 106 Å². The molecule has 26 heavy (non-hydrogen) atoms. The Kier molecular flexibility index (Phi) is 8.08. The van der Waals surface area contributed by atoms with Crippen molar-refractivity contribution in [2.45, 2.75) is 51.3 Å². The average Bonchev–Trinajstić information content (AvgIpc) is 2.55. The monoisotopic (exact) mass is 374 g/mol. The quantitative estimate of drug-likeness (QED) is 0.585. The number of halogens is 3. The van der Waals surface area contributed by atoms with Gasteiger partial charge in [0.1, 0.15) is 0 Å². The number of carbonyl (C=O) groups excluding carboxylic acids is 2. The summed E-state index contributed by atoms with van der Waals surface area (Å²) in [5.41, 5.74) is 10.2. The van der Waals surface area contributed by atoms with Gasteiger partial charge in [-0.15, -0.1) is 0 Å². The molecule has 1 rings (SSSR count). The minimum atomic E-state index is -4.41. The van der Waals surface area contributed by atoms with Gasteiger partial charge in [0, 0.05) is 11.8 Å². The lowest BCUT2D eigenvalue weighted by molar-refractivity contribution is -0.137. The van der Waals surface area contributed by atoms with Gasteiger partial charge < -0.3 is 16.6 Å². The summed E-state index contributed by atoms with van der Waals surface area (Å²) in [5, 5.41) is 10.1. The van der Waals surface area contributed by atoms with E-state index in [9.17, 15) is 27.9 Å². The average molecular weight is 374 g/mol. The molecule has 5 nitrogen and oxygen atoms in total. The molecule has 0 radical (unpaired) electrons. The van der Waals surface area contributed by atoms with Crippen LogP contribution in [0.2, 0.25) is 0 Å². The Hall–Kier alpha value is -2.09. The van der Waals surface area contributed by atoms with E-state index in [-0.39, 0.29) is 19.3 Å². The van der Waals surface area contributed by atoms with Gasteiger partial charge in [-0.1, -0.05) is 25.1 Å². The summed E-state index contributed by atoms with van der Waals surface area (Å²) in [6.45, 7) is 1.64. The summed E-state index contributed by atoms with van der Waals surface area (Å²) in [5.74, 6) is -2.08. The SMILES string of the molecule is CC(CCC(CC(O)CCc1cccc(C(F)(F)F)c1)C(N)=O)C(N)=O. The van der Waals surface area contributed by atoms with E-state index in [0.29, 0.717) is 18.4 Å². The molecule has 0 aliphatic carbocycles. The van der Waals surface area contributed by atoms with Crippen molar-refractivity contribution >= 4 is 11.8 Å². The summed E-state index contributed by atoms with van der Waals surface area (Å²) < 4.78 is 38.1. The zero-order valence-corrected chi connectivity index (χ0v) is 14.6. The van der Waals surface area contributed by atoms with E-state index in [4.69, 9.17) is 11.5 Å². The van der Waals surface area contributed by atoms with Crippen LogP contribution in [-0.2, 0) is 22.2 Å². The van der Waals surface area contributed by atoms with Gasteiger partial charge in [-0.3, -0.25) is 9.59 Å². The second kappa shape index (κ2) is 9.56. The van der Waals surface area contributed by atoms with Crippen molar-refractivity contribution in [2.24, 2.45) is 23.3 Å². The summed E-state index contributed by atoms with van der Waals surface area (Å²) in [4.78, 5) is 22.6. The first-order valence-corrected chi connectivity index (χ1v) is 8.43. The van der Waals surface area contributed by atoms with Crippen LogP contribution in [0.1, 0.15) is 43.7 Å². The minimum Gasteiger partial charge on any atom is -0.393 e. The van der Waals surface area contributed by atoms with E-state index < -0.39 is 41.5 Å². The molecule has 0 heterocycles. The van der Waals surface area contributed by atoms with Crippen molar-refractivity contribution in [3.05, 3.63) is 35.4 Å². The van der Waals surface area contributed by atoms with Crippen molar-refractivity contribution < 1.29 is 27.9 Å². The summed E-state index contributed by atoms with van der Waals surface area (Å²) in [7, 11) is 0. The highest BCUT2D eigenvalue weighted by Gasteiger charge is 2.30. The molecule has 8 heteroatoms. The molecule has 1 aromatic carbocycles. The van der Waals surface area contributed by atoms with E-state index in [1.54, 1.807) is 13.0 Å². The van der Waals surface area contributed by atoms with Crippen LogP contribution in [0.5, 0.6) is 0 Å². The summed E-state index contributed by atoms with van der Waals surface area (Å²) in [6, 6.07) is 4.92. The number of amides is 2. The van der Waals surface area contributed by atoms with Crippen LogP contribution in [0.25, 0.3) is 0 Å². The largest absolute Gasteiger partial charge is 0.416 e. The van der Waals surface area contributed by atoms with Crippen LogP contribution in [0.3, 0.4) is 0 Å². The van der Waals surface area contributed by atoms with Crippen LogP contribution in [0.4, 0.5) is 13.2 Å². The highest BCUT2D eigenvalue weighted by Crippen LogP contribution is 2.30. The van der Waals surface area contributed by atoms with Gasteiger partial charge >= 0.3 is 6.18 Å². The number of rotatable bonds is 10. The fraction of sp³-hybridized carbons (Fsp3) is 0.556. The second-order valence-corrected chi connectivity index (χ2v) is 6.61. The first-order valence-electron chi connectivity index (χ1n) is 8.43. The van der Waals surface area contributed by atoms with Gasteiger partial charge in [-0.25, -0.2) is 0 Å². The first-order chi connectivity index (χ1) is 12.0. The van der Waals surface area contributed by atoms with E-state index in [2.05, 4.69) is 0 Å². The molecule has 3 unspecified atom stereocenters. The van der Waals surface area contributed by atoms with Gasteiger partial charge in [0.15, 0.2) is 0 Å². The molecule has 0 spiro atoms. The fourth-order valence-corrected chi connectivity index (χ4v) is 2.65. The Morgan fingerprint density at radius 2 is 1.77 bits per heavy atom. The molecule has 0 aliphatic rings. The highest BCUT2D eigenvalue weighted by atomic mass is 19.4. The molecule has 0 saturated carbocycles. The number of hydrogen-bond donors (Lipinski definition) is 3. The van der Waals surface area contributed by atoms with Crippen molar-refractivity contribution in [3.63, 3.8) is 0 Å². The van der Waals surface area contributed by atoms with E-state index >= 15 is 0 Å². The number of aryl methyl sites for hydroxylation is 1. The van der Waals surface area contributed by atoms with Gasteiger partial charge in [0.2, 0.25) is 11.8 Å². The third kappa shape index (κ3) is 7.43. The Balaban J connectivity index is 2.57. The maximum absolute atomic E-state index is 12.7. The number of aliphatic hydroxyl groups excluding tert-OH is 1. The van der Waals surface area contributed by atoms with Crippen molar-refractivity contribution in [1.82, 2.24) is 0 Å². The normalized spacial score (nSPS) is 15.3. The van der Waals surface area contributed by atoms with Crippen LogP contribution < -0.4 is 11.5 Å². The van der Waals surface area contributed by atoms with Crippen LogP contribution in [0, 0.1) is 11.8 Å². The Labute approximate surface area is 150 Å². The molecule has 0 saturated heterocycles. The molecule has 1 aromatic rings. The summed E-state index contributed by atoms with van der Waals surface area (Å²) >= 11 is 0.